The lowest BCUT2D eigenvalue weighted by atomic mass is 10.1. The first-order valence-electron chi connectivity index (χ1n) is 6.48. The summed E-state index contributed by atoms with van der Waals surface area (Å²) in [6, 6.07) is 11.1. The van der Waals surface area contributed by atoms with Crippen LogP contribution in [0.15, 0.2) is 40.9 Å². The molecule has 0 aliphatic heterocycles. The van der Waals surface area contributed by atoms with E-state index in [0.717, 1.165) is 15.7 Å². The Labute approximate surface area is 132 Å². The van der Waals surface area contributed by atoms with Crippen LogP contribution in [0.3, 0.4) is 0 Å². The monoisotopic (exact) mass is 348 g/mol. The Morgan fingerprint density at radius 2 is 1.95 bits per heavy atom. The molecule has 2 aromatic carbocycles. The Balaban J connectivity index is 2.28. The number of nitrogens with one attached hydrogen (secondary N) is 2. The van der Waals surface area contributed by atoms with Crippen molar-refractivity contribution in [3.63, 3.8) is 0 Å². The summed E-state index contributed by atoms with van der Waals surface area (Å²) in [5, 5.41) is 5.92. The number of carbonyl (C=O) groups excluding carboxylic acids is 1. The van der Waals surface area contributed by atoms with Crippen molar-refractivity contribution in [1.82, 2.24) is 0 Å². The van der Waals surface area contributed by atoms with Crippen molar-refractivity contribution in [2.45, 2.75) is 6.92 Å². The van der Waals surface area contributed by atoms with Gasteiger partial charge in [-0.1, -0.05) is 22.0 Å². The first-order chi connectivity index (χ1) is 10.0. The van der Waals surface area contributed by atoms with Gasteiger partial charge in [0, 0.05) is 29.0 Å². The minimum atomic E-state index is -0.167. The molecule has 0 saturated carbocycles. The first kappa shape index (κ1) is 15.4. The van der Waals surface area contributed by atoms with E-state index in [1.165, 1.54) is 0 Å². The molecule has 2 aromatic rings. The molecule has 5 heteroatoms. The zero-order valence-electron chi connectivity index (χ0n) is 12.2. The van der Waals surface area contributed by atoms with Gasteiger partial charge in [0.2, 0.25) is 0 Å². The number of carbonyl (C=O) groups is 1. The number of anilines is 2. The largest absolute Gasteiger partial charge is 0.497 e. The molecule has 0 aliphatic carbocycles. The Bertz CT molecular complexity index is 671. The molecule has 21 heavy (non-hydrogen) atoms. The van der Waals surface area contributed by atoms with E-state index in [1.807, 2.05) is 37.3 Å². The highest BCUT2D eigenvalue weighted by atomic mass is 79.9. The predicted octanol–water partition coefficient (Wildman–Crippen LogP) is 4.06. The van der Waals surface area contributed by atoms with E-state index in [4.69, 9.17) is 4.74 Å². The second kappa shape index (κ2) is 6.63. The van der Waals surface area contributed by atoms with Crippen LogP contribution in [0.2, 0.25) is 0 Å². The summed E-state index contributed by atoms with van der Waals surface area (Å²) in [6.07, 6.45) is 0. The summed E-state index contributed by atoms with van der Waals surface area (Å²) in [7, 11) is 3.39. The number of hydrogen-bond donors (Lipinski definition) is 2. The molecule has 0 fully saturated rings. The van der Waals surface area contributed by atoms with Crippen molar-refractivity contribution in [2.24, 2.45) is 0 Å². The Morgan fingerprint density at radius 3 is 2.62 bits per heavy atom. The van der Waals surface area contributed by atoms with Crippen molar-refractivity contribution in [2.75, 3.05) is 24.8 Å². The van der Waals surface area contributed by atoms with Crippen LogP contribution in [0.5, 0.6) is 5.75 Å². The minimum absolute atomic E-state index is 0.167. The number of rotatable bonds is 4. The molecule has 0 aliphatic rings. The zero-order valence-corrected chi connectivity index (χ0v) is 13.7. The van der Waals surface area contributed by atoms with Gasteiger partial charge in [0.05, 0.1) is 12.7 Å². The summed E-state index contributed by atoms with van der Waals surface area (Å²) in [5.41, 5.74) is 3.17. The van der Waals surface area contributed by atoms with Crippen LogP contribution < -0.4 is 15.4 Å². The summed E-state index contributed by atoms with van der Waals surface area (Å²) in [4.78, 5) is 12.4. The maximum Gasteiger partial charge on any atom is 0.257 e. The predicted molar refractivity (Wildman–Crippen MR) is 89.4 cm³/mol. The molecular formula is C16H17BrN2O2. The summed E-state index contributed by atoms with van der Waals surface area (Å²) in [5.74, 6) is 0.511. The minimum Gasteiger partial charge on any atom is -0.497 e. The van der Waals surface area contributed by atoms with Crippen LogP contribution in [-0.2, 0) is 0 Å². The normalized spacial score (nSPS) is 10.1. The Hall–Kier alpha value is -2.01. The van der Waals surface area contributed by atoms with Crippen LogP contribution >= 0.6 is 15.9 Å². The van der Waals surface area contributed by atoms with Gasteiger partial charge in [0.15, 0.2) is 0 Å². The Kier molecular flexibility index (Phi) is 4.85. The van der Waals surface area contributed by atoms with Crippen molar-refractivity contribution in [1.29, 1.82) is 0 Å². The van der Waals surface area contributed by atoms with Gasteiger partial charge in [0.1, 0.15) is 5.75 Å². The highest BCUT2D eigenvalue weighted by Crippen LogP contribution is 2.26. The van der Waals surface area contributed by atoms with Crippen LogP contribution in [0.25, 0.3) is 0 Å². The lowest BCUT2D eigenvalue weighted by Crippen LogP contribution is -2.14. The number of methoxy groups -OCH3 is 1. The third kappa shape index (κ3) is 3.76. The third-order valence-corrected chi connectivity index (χ3v) is 3.51. The number of halogens is 1. The van der Waals surface area contributed by atoms with Gasteiger partial charge in [-0.15, -0.1) is 0 Å². The maximum absolute atomic E-state index is 12.4. The van der Waals surface area contributed by atoms with Gasteiger partial charge in [-0.25, -0.2) is 0 Å². The lowest BCUT2D eigenvalue weighted by molar-refractivity contribution is 0.102. The van der Waals surface area contributed by atoms with Crippen molar-refractivity contribution >= 4 is 33.2 Å². The van der Waals surface area contributed by atoms with Crippen molar-refractivity contribution in [3.8, 4) is 5.75 Å². The molecule has 0 heterocycles. The molecule has 0 aromatic heterocycles. The lowest BCUT2D eigenvalue weighted by Gasteiger charge is -2.12. The van der Waals surface area contributed by atoms with Gasteiger partial charge in [0.25, 0.3) is 5.91 Å². The molecule has 0 radical (unpaired) electrons. The molecule has 0 spiro atoms. The van der Waals surface area contributed by atoms with E-state index < -0.39 is 0 Å². The molecule has 0 saturated heterocycles. The summed E-state index contributed by atoms with van der Waals surface area (Å²) >= 11 is 3.39. The zero-order chi connectivity index (χ0) is 15.4. The van der Waals surface area contributed by atoms with E-state index in [2.05, 4.69) is 26.6 Å². The molecule has 110 valence electrons. The van der Waals surface area contributed by atoms with Crippen molar-refractivity contribution in [3.05, 3.63) is 52.0 Å². The number of aryl methyl sites for hydroxylation is 1. The molecule has 0 unspecified atom stereocenters. The number of amides is 1. The number of hydrogen-bond acceptors (Lipinski definition) is 3. The van der Waals surface area contributed by atoms with E-state index in [0.29, 0.717) is 17.0 Å². The summed E-state index contributed by atoms with van der Waals surface area (Å²) < 4.78 is 6.03. The van der Waals surface area contributed by atoms with E-state index in [-0.39, 0.29) is 5.91 Å². The second-order valence-electron chi connectivity index (χ2n) is 4.63. The molecule has 0 bridgehead atoms. The molecule has 1 amide bonds. The molecular weight excluding hydrogens is 332 g/mol. The average molecular weight is 349 g/mol. The average Bonchev–Trinajstić information content (AvgIpc) is 2.46. The van der Waals surface area contributed by atoms with Gasteiger partial charge in [-0.2, -0.15) is 0 Å². The molecule has 2 N–H and O–H groups in total. The van der Waals surface area contributed by atoms with Gasteiger partial charge < -0.3 is 15.4 Å². The van der Waals surface area contributed by atoms with Crippen LogP contribution in [0.4, 0.5) is 11.4 Å². The maximum atomic E-state index is 12.4. The van der Waals surface area contributed by atoms with E-state index in [9.17, 15) is 4.79 Å². The van der Waals surface area contributed by atoms with E-state index in [1.54, 1.807) is 20.2 Å². The fourth-order valence-corrected chi connectivity index (χ4v) is 2.49. The molecule has 0 atom stereocenters. The van der Waals surface area contributed by atoms with E-state index >= 15 is 0 Å². The number of benzene rings is 2. The standard InChI is InChI=1S/C16H17BrN2O2/c1-10-4-5-14(15(6-10)18-2)16(20)19-12-7-11(17)8-13(9-12)21-3/h4-9,18H,1-3H3,(H,19,20). The second-order valence-corrected chi connectivity index (χ2v) is 5.55. The fourth-order valence-electron chi connectivity index (χ4n) is 2.01. The van der Waals surface area contributed by atoms with Crippen LogP contribution in [-0.4, -0.2) is 20.1 Å². The fraction of sp³-hybridized carbons (Fsp3) is 0.188. The van der Waals surface area contributed by atoms with Crippen LogP contribution in [0.1, 0.15) is 15.9 Å². The highest BCUT2D eigenvalue weighted by molar-refractivity contribution is 9.10. The Morgan fingerprint density at radius 1 is 1.19 bits per heavy atom. The highest BCUT2D eigenvalue weighted by Gasteiger charge is 2.12. The van der Waals surface area contributed by atoms with Crippen LogP contribution in [0, 0.1) is 6.92 Å². The smallest absolute Gasteiger partial charge is 0.257 e. The third-order valence-electron chi connectivity index (χ3n) is 3.05. The van der Waals surface area contributed by atoms with Gasteiger partial charge in [-0.05, 0) is 36.8 Å². The topological polar surface area (TPSA) is 50.4 Å². The SMILES string of the molecule is CNc1cc(C)ccc1C(=O)Nc1cc(Br)cc(OC)c1. The molecule has 2 rings (SSSR count). The summed E-state index contributed by atoms with van der Waals surface area (Å²) in [6.45, 7) is 1.99. The van der Waals surface area contributed by atoms with Crippen molar-refractivity contribution < 1.29 is 9.53 Å². The molecule has 4 nitrogen and oxygen atoms in total. The van der Waals surface area contributed by atoms with Gasteiger partial charge in [-0.3, -0.25) is 4.79 Å². The van der Waals surface area contributed by atoms with Gasteiger partial charge >= 0.3 is 0 Å². The quantitative estimate of drug-likeness (QED) is 0.875. The number of ether oxygens (including phenoxy) is 1. The first-order valence-corrected chi connectivity index (χ1v) is 7.27.